The van der Waals surface area contributed by atoms with E-state index in [1.807, 2.05) is 60.7 Å². The average molecular weight is 275 g/mol. The molecule has 0 amide bonds. The lowest BCUT2D eigenvalue weighted by Crippen LogP contribution is -2.30. The summed E-state index contributed by atoms with van der Waals surface area (Å²) in [6.45, 7) is 0. The zero-order valence-electron chi connectivity index (χ0n) is 11.3. The molecule has 0 heterocycles. The maximum absolute atomic E-state index is 11.4. The van der Waals surface area contributed by atoms with E-state index in [1.165, 1.54) is 0 Å². The normalized spacial score (nSPS) is 14.4. The fourth-order valence-electron chi connectivity index (χ4n) is 2.96. The third-order valence-electron chi connectivity index (χ3n) is 3.89. The SMILES string of the molecule is N#CC1(CC(=O)O)c2ccccc2C=Cc2ccccc21. The highest BCUT2D eigenvalue weighted by atomic mass is 16.4. The molecule has 2 aromatic rings. The summed E-state index contributed by atoms with van der Waals surface area (Å²) in [5.74, 6) is -0.983. The van der Waals surface area contributed by atoms with Gasteiger partial charge in [0.25, 0.3) is 0 Å². The number of carboxylic acids is 1. The maximum Gasteiger partial charge on any atom is 0.305 e. The molecule has 0 saturated heterocycles. The summed E-state index contributed by atoms with van der Waals surface area (Å²) in [6.07, 6.45) is 3.63. The maximum atomic E-state index is 11.4. The van der Waals surface area contributed by atoms with E-state index in [2.05, 4.69) is 6.07 Å². The fraction of sp³-hybridized carbons (Fsp3) is 0.111. The fourth-order valence-corrected chi connectivity index (χ4v) is 2.96. The van der Waals surface area contributed by atoms with Crippen LogP contribution < -0.4 is 0 Å². The minimum absolute atomic E-state index is 0.251. The molecule has 0 atom stereocenters. The molecule has 0 saturated carbocycles. The average Bonchev–Trinajstić information content (AvgIpc) is 2.63. The number of carbonyl (C=O) groups is 1. The second kappa shape index (κ2) is 4.92. The summed E-state index contributed by atoms with van der Waals surface area (Å²) in [7, 11) is 0. The Kier molecular flexibility index (Phi) is 3.08. The molecule has 0 fully saturated rings. The molecule has 3 rings (SSSR count). The molecule has 0 spiro atoms. The number of aliphatic carboxylic acids is 1. The smallest absolute Gasteiger partial charge is 0.305 e. The lowest BCUT2D eigenvalue weighted by atomic mass is 9.71. The number of rotatable bonds is 2. The first-order valence-corrected chi connectivity index (χ1v) is 6.67. The van der Waals surface area contributed by atoms with Crippen LogP contribution in [-0.4, -0.2) is 11.1 Å². The van der Waals surface area contributed by atoms with Gasteiger partial charge >= 0.3 is 5.97 Å². The Labute approximate surface area is 122 Å². The molecule has 3 heteroatoms. The highest BCUT2D eigenvalue weighted by Crippen LogP contribution is 2.41. The van der Waals surface area contributed by atoms with E-state index < -0.39 is 11.4 Å². The second-order valence-electron chi connectivity index (χ2n) is 5.10. The van der Waals surface area contributed by atoms with E-state index in [-0.39, 0.29) is 6.42 Å². The van der Waals surface area contributed by atoms with E-state index in [0.717, 1.165) is 22.3 Å². The monoisotopic (exact) mass is 275 g/mol. The van der Waals surface area contributed by atoms with Crippen LogP contribution in [0.3, 0.4) is 0 Å². The van der Waals surface area contributed by atoms with Gasteiger partial charge in [0, 0.05) is 0 Å². The molecule has 0 radical (unpaired) electrons. The van der Waals surface area contributed by atoms with Crippen molar-refractivity contribution in [3.63, 3.8) is 0 Å². The largest absolute Gasteiger partial charge is 0.481 e. The molecular weight excluding hydrogens is 262 g/mol. The quantitative estimate of drug-likeness (QED) is 0.913. The Morgan fingerprint density at radius 1 is 1.00 bits per heavy atom. The highest BCUT2D eigenvalue weighted by Gasteiger charge is 2.40. The Morgan fingerprint density at radius 2 is 1.48 bits per heavy atom. The predicted octanol–water partition coefficient (Wildman–Crippen LogP) is 3.45. The molecule has 0 unspecified atom stereocenters. The lowest BCUT2D eigenvalue weighted by molar-refractivity contribution is -0.137. The van der Waals surface area contributed by atoms with Crippen molar-refractivity contribution in [1.82, 2.24) is 0 Å². The zero-order valence-corrected chi connectivity index (χ0v) is 11.3. The van der Waals surface area contributed by atoms with Crippen LogP contribution in [0.5, 0.6) is 0 Å². The van der Waals surface area contributed by atoms with Gasteiger partial charge in [-0.25, -0.2) is 0 Å². The number of fused-ring (bicyclic) bond motifs is 2. The standard InChI is InChI=1S/C18H13NO2/c19-12-18(11-17(20)21)15-7-3-1-5-13(15)9-10-14-6-2-4-8-16(14)18/h1-10H,11H2,(H,20,21). The highest BCUT2D eigenvalue weighted by molar-refractivity contribution is 5.82. The summed E-state index contributed by atoms with van der Waals surface area (Å²) in [5, 5.41) is 19.2. The van der Waals surface area contributed by atoms with Crippen LogP contribution >= 0.6 is 0 Å². The van der Waals surface area contributed by atoms with Gasteiger partial charge in [-0.3, -0.25) is 4.79 Å². The first kappa shape index (κ1) is 13.1. The summed E-state index contributed by atoms with van der Waals surface area (Å²) in [4.78, 5) is 11.4. The third kappa shape index (κ3) is 2.02. The molecule has 102 valence electrons. The van der Waals surface area contributed by atoms with Crippen molar-refractivity contribution in [1.29, 1.82) is 5.26 Å². The van der Waals surface area contributed by atoms with Crippen molar-refractivity contribution in [3.05, 3.63) is 70.8 Å². The molecule has 21 heavy (non-hydrogen) atoms. The number of hydrogen-bond acceptors (Lipinski definition) is 2. The molecule has 0 aromatic heterocycles. The molecule has 1 N–H and O–H groups in total. The van der Waals surface area contributed by atoms with Crippen LogP contribution in [0.25, 0.3) is 12.2 Å². The molecule has 0 aliphatic heterocycles. The first-order chi connectivity index (χ1) is 10.2. The molecule has 3 nitrogen and oxygen atoms in total. The van der Waals surface area contributed by atoms with Gasteiger partial charge in [-0.2, -0.15) is 5.26 Å². The van der Waals surface area contributed by atoms with E-state index in [0.29, 0.717) is 0 Å². The van der Waals surface area contributed by atoms with Crippen LogP contribution in [0.1, 0.15) is 28.7 Å². The van der Waals surface area contributed by atoms with E-state index in [1.54, 1.807) is 0 Å². The first-order valence-electron chi connectivity index (χ1n) is 6.67. The number of carboxylic acid groups (broad SMARTS) is 1. The Balaban J connectivity index is 2.38. The second-order valence-corrected chi connectivity index (χ2v) is 5.10. The summed E-state index contributed by atoms with van der Waals surface area (Å²) in [5.41, 5.74) is 2.10. The van der Waals surface area contributed by atoms with Crippen LogP contribution in [0.2, 0.25) is 0 Å². The van der Waals surface area contributed by atoms with Crippen LogP contribution in [0, 0.1) is 11.3 Å². The summed E-state index contributed by atoms with van der Waals surface area (Å²) >= 11 is 0. The molecule has 1 aliphatic rings. The van der Waals surface area contributed by atoms with E-state index in [4.69, 9.17) is 0 Å². The number of nitrogens with zero attached hydrogens (tertiary/aromatic N) is 1. The molecule has 2 aromatic carbocycles. The molecule has 1 aliphatic carbocycles. The van der Waals surface area contributed by atoms with Gasteiger partial charge in [0.15, 0.2) is 0 Å². The zero-order chi connectivity index (χ0) is 14.9. The van der Waals surface area contributed by atoms with Gasteiger partial charge in [-0.15, -0.1) is 0 Å². The number of benzene rings is 2. The van der Waals surface area contributed by atoms with E-state index >= 15 is 0 Å². The third-order valence-corrected chi connectivity index (χ3v) is 3.89. The van der Waals surface area contributed by atoms with Crippen LogP contribution in [0.15, 0.2) is 48.5 Å². The topological polar surface area (TPSA) is 61.1 Å². The summed E-state index contributed by atoms with van der Waals surface area (Å²) < 4.78 is 0. The predicted molar refractivity (Wildman–Crippen MR) is 80.5 cm³/mol. The Morgan fingerprint density at radius 3 is 1.90 bits per heavy atom. The van der Waals surface area contributed by atoms with Gasteiger partial charge in [-0.05, 0) is 22.3 Å². The minimum atomic E-state index is -1.16. The van der Waals surface area contributed by atoms with E-state index in [9.17, 15) is 15.2 Å². The Hall–Kier alpha value is -2.86. The van der Waals surface area contributed by atoms with Crippen molar-refractivity contribution in [2.45, 2.75) is 11.8 Å². The van der Waals surface area contributed by atoms with Crippen molar-refractivity contribution < 1.29 is 9.90 Å². The number of nitriles is 1. The van der Waals surface area contributed by atoms with Gasteiger partial charge in [0.1, 0.15) is 5.41 Å². The Bertz CT molecular complexity index is 734. The number of hydrogen-bond donors (Lipinski definition) is 1. The van der Waals surface area contributed by atoms with Gasteiger partial charge in [0.05, 0.1) is 12.5 Å². The molecular formula is C18H13NO2. The van der Waals surface area contributed by atoms with Crippen molar-refractivity contribution >= 4 is 18.1 Å². The van der Waals surface area contributed by atoms with Gasteiger partial charge in [-0.1, -0.05) is 60.7 Å². The lowest BCUT2D eigenvalue weighted by Gasteiger charge is -2.28. The van der Waals surface area contributed by atoms with Gasteiger partial charge < -0.3 is 5.11 Å². The minimum Gasteiger partial charge on any atom is -0.481 e. The summed E-state index contributed by atoms with van der Waals surface area (Å²) in [6, 6.07) is 17.2. The van der Waals surface area contributed by atoms with Crippen LogP contribution in [0.4, 0.5) is 0 Å². The molecule has 0 bridgehead atoms. The van der Waals surface area contributed by atoms with Gasteiger partial charge in [0.2, 0.25) is 0 Å². The van der Waals surface area contributed by atoms with Crippen LogP contribution in [-0.2, 0) is 10.2 Å². The van der Waals surface area contributed by atoms with Crippen molar-refractivity contribution in [3.8, 4) is 6.07 Å². The van der Waals surface area contributed by atoms with Crippen molar-refractivity contribution in [2.24, 2.45) is 0 Å². The van der Waals surface area contributed by atoms with Crippen molar-refractivity contribution in [2.75, 3.05) is 0 Å².